The van der Waals surface area contributed by atoms with Gasteiger partial charge in [-0.3, -0.25) is 4.79 Å². The number of amides is 2. The van der Waals surface area contributed by atoms with Gasteiger partial charge in [0.2, 0.25) is 0 Å². The molecular formula is C12H17F3N2O3. The van der Waals surface area contributed by atoms with E-state index in [4.69, 9.17) is 5.11 Å². The zero-order valence-electron chi connectivity index (χ0n) is 11.0. The van der Waals surface area contributed by atoms with Gasteiger partial charge in [-0.2, -0.15) is 13.2 Å². The zero-order chi connectivity index (χ0) is 15.3. The highest BCUT2D eigenvalue weighted by Gasteiger charge is 2.53. The zero-order valence-corrected chi connectivity index (χ0v) is 11.0. The molecule has 0 spiro atoms. The first-order valence-electron chi connectivity index (χ1n) is 6.24. The molecule has 1 saturated heterocycles. The third-order valence-corrected chi connectivity index (χ3v) is 3.12. The van der Waals surface area contributed by atoms with Gasteiger partial charge >= 0.3 is 18.2 Å². The van der Waals surface area contributed by atoms with Crippen molar-refractivity contribution < 1.29 is 27.9 Å². The summed E-state index contributed by atoms with van der Waals surface area (Å²) in [6.45, 7) is 1.06. The number of carboxylic acid groups (broad SMARTS) is 1. The standard InChI is InChI=1S/C12H17F3N2O3/c1-2-3-4-5-16-11(20)17-6-8(10(18)19)9(7-17)12(13,14)15/h3-4,8-9H,2,5-7H2,1H3,(H,16,20)(H,18,19)/b4-3+/t8-,9-/m1/s1. The molecule has 0 saturated carbocycles. The maximum atomic E-state index is 12.7. The second-order valence-corrected chi connectivity index (χ2v) is 4.56. The number of likely N-dealkylation sites (tertiary alicyclic amines) is 1. The number of rotatable bonds is 4. The van der Waals surface area contributed by atoms with Crippen molar-refractivity contribution in [3.63, 3.8) is 0 Å². The Morgan fingerprint density at radius 1 is 1.35 bits per heavy atom. The van der Waals surface area contributed by atoms with Crippen molar-refractivity contribution in [1.82, 2.24) is 10.2 Å². The molecular weight excluding hydrogens is 277 g/mol. The van der Waals surface area contributed by atoms with Gasteiger partial charge in [-0.25, -0.2) is 4.79 Å². The highest BCUT2D eigenvalue weighted by molar-refractivity contribution is 5.77. The number of urea groups is 1. The predicted octanol–water partition coefficient (Wildman–Crippen LogP) is 1.86. The largest absolute Gasteiger partial charge is 0.481 e. The number of nitrogens with zero attached hydrogens (tertiary/aromatic N) is 1. The van der Waals surface area contributed by atoms with Crippen LogP contribution in [0.2, 0.25) is 0 Å². The van der Waals surface area contributed by atoms with Gasteiger partial charge in [0, 0.05) is 19.6 Å². The van der Waals surface area contributed by atoms with Crippen LogP contribution in [0.25, 0.3) is 0 Å². The SMILES string of the molecule is CC/C=C/CNC(=O)N1C[C@@H](C(F)(F)F)[C@H](C(=O)O)C1. The van der Waals surface area contributed by atoms with E-state index in [1.54, 1.807) is 6.08 Å². The molecule has 1 aliphatic heterocycles. The lowest BCUT2D eigenvalue weighted by atomic mass is 9.96. The van der Waals surface area contributed by atoms with Crippen molar-refractivity contribution in [1.29, 1.82) is 0 Å². The van der Waals surface area contributed by atoms with Gasteiger partial charge < -0.3 is 15.3 Å². The Kier molecular flexibility index (Phi) is 5.41. The Morgan fingerprint density at radius 3 is 2.45 bits per heavy atom. The van der Waals surface area contributed by atoms with E-state index in [9.17, 15) is 22.8 Å². The van der Waals surface area contributed by atoms with E-state index in [2.05, 4.69) is 5.32 Å². The van der Waals surface area contributed by atoms with Crippen LogP contribution in [0.5, 0.6) is 0 Å². The number of carbonyl (C=O) groups excluding carboxylic acids is 1. The number of allylic oxidation sites excluding steroid dienone is 1. The van der Waals surface area contributed by atoms with Crippen LogP contribution in [0.4, 0.5) is 18.0 Å². The van der Waals surface area contributed by atoms with Crippen LogP contribution >= 0.6 is 0 Å². The lowest BCUT2D eigenvalue weighted by Crippen LogP contribution is -2.39. The topological polar surface area (TPSA) is 69.6 Å². The summed E-state index contributed by atoms with van der Waals surface area (Å²) in [7, 11) is 0. The van der Waals surface area contributed by atoms with Crippen molar-refractivity contribution in [2.24, 2.45) is 11.8 Å². The molecule has 2 amide bonds. The minimum absolute atomic E-state index is 0.206. The number of halogens is 3. The van der Waals surface area contributed by atoms with Crippen LogP contribution in [-0.2, 0) is 4.79 Å². The molecule has 0 aliphatic carbocycles. The number of carboxylic acids is 1. The van der Waals surface area contributed by atoms with E-state index in [1.807, 2.05) is 13.0 Å². The van der Waals surface area contributed by atoms with Crippen molar-refractivity contribution in [3.05, 3.63) is 12.2 Å². The van der Waals surface area contributed by atoms with Crippen molar-refractivity contribution in [3.8, 4) is 0 Å². The van der Waals surface area contributed by atoms with Crippen LogP contribution in [-0.4, -0.2) is 47.8 Å². The summed E-state index contributed by atoms with van der Waals surface area (Å²) >= 11 is 0. The molecule has 1 aliphatic rings. The third kappa shape index (κ3) is 4.14. The molecule has 0 aromatic heterocycles. The van der Waals surface area contributed by atoms with Crippen molar-refractivity contribution in [2.45, 2.75) is 19.5 Å². The number of hydrogen-bond donors (Lipinski definition) is 2. The summed E-state index contributed by atoms with van der Waals surface area (Å²) in [5.74, 6) is -5.16. The van der Waals surface area contributed by atoms with Gasteiger partial charge in [0.1, 0.15) is 0 Å². The Labute approximate surface area is 114 Å². The van der Waals surface area contributed by atoms with Crippen LogP contribution < -0.4 is 5.32 Å². The molecule has 0 aromatic carbocycles. The van der Waals surface area contributed by atoms with Gasteiger partial charge in [0.25, 0.3) is 0 Å². The molecule has 2 atom stereocenters. The van der Waals surface area contributed by atoms with E-state index >= 15 is 0 Å². The summed E-state index contributed by atoms with van der Waals surface area (Å²) in [5, 5.41) is 11.3. The molecule has 1 rings (SSSR count). The highest BCUT2D eigenvalue weighted by Crippen LogP contribution is 2.37. The molecule has 8 heteroatoms. The second-order valence-electron chi connectivity index (χ2n) is 4.56. The van der Waals surface area contributed by atoms with Gasteiger partial charge in [0.15, 0.2) is 0 Å². The predicted molar refractivity (Wildman–Crippen MR) is 65.1 cm³/mol. The van der Waals surface area contributed by atoms with Gasteiger partial charge in [0.05, 0.1) is 11.8 Å². The molecule has 0 bridgehead atoms. The molecule has 5 nitrogen and oxygen atoms in total. The third-order valence-electron chi connectivity index (χ3n) is 3.12. The summed E-state index contributed by atoms with van der Waals surface area (Å²) < 4.78 is 38.2. The fourth-order valence-electron chi connectivity index (χ4n) is 2.06. The summed E-state index contributed by atoms with van der Waals surface area (Å²) in [6, 6.07) is -0.677. The first-order valence-corrected chi connectivity index (χ1v) is 6.24. The first-order chi connectivity index (χ1) is 9.27. The van der Waals surface area contributed by atoms with Gasteiger partial charge in [-0.05, 0) is 6.42 Å². The number of alkyl halides is 3. The van der Waals surface area contributed by atoms with E-state index < -0.39 is 43.1 Å². The Bertz CT molecular complexity index is 396. The Morgan fingerprint density at radius 2 is 2.00 bits per heavy atom. The Hall–Kier alpha value is -1.73. The van der Waals surface area contributed by atoms with Crippen LogP contribution in [0.15, 0.2) is 12.2 Å². The monoisotopic (exact) mass is 294 g/mol. The number of nitrogens with one attached hydrogen (secondary N) is 1. The summed E-state index contributed by atoms with van der Waals surface area (Å²) in [5.41, 5.74) is 0. The van der Waals surface area contributed by atoms with E-state index in [0.717, 1.165) is 11.3 Å². The molecule has 0 aromatic rings. The average Bonchev–Trinajstić information content (AvgIpc) is 2.79. The minimum Gasteiger partial charge on any atom is -0.481 e. The van der Waals surface area contributed by atoms with Crippen LogP contribution in [0.1, 0.15) is 13.3 Å². The fourth-order valence-corrected chi connectivity index (χ4v) is 2.06. The number of aliphatic carboxylic acids is 1. The normalized spacial score (nSPS) is 23.3. The van der Waals surface area contributed by atoms with Gasteiger partial charge in [-0.1, -0.05) is 19.1 Å². The number of carbonyl (C=O) groups is 2. The van der Waals surface area contributed by atoms with Crippen LogP contribution in [0.3, 0.4) is 0 Å². The maximum Gasteiger partial charge on any atom is 0.394 e. The first kappa shape index (κ1) is 16.3. The summed E-state index contributed by atoms with van der Waals surface area (Å²) in [6.07, 6.45) is -0.344. The van der Waals surface area contributed by atoms with Gasteiger partial charge in [-0.15, -0.1) is 0 Å². The number of hydrogen-bond acceptors (Lipinski definition) is 2. The Balaban J connectivity index is 2.63. The molecule has 114 valence electrons. The van der Waals surface area contributed by atoms with E-state index in [0.29, 0.717) is 0 Å². The fraction of sp³-hybridized carbons (Fsp3) is 0.667. The lowest BCUT2D eigenvalue weighted by molar-refractivity contribution is -0.187. The lowest BCUT2D eigenvalue weighted by Gasteiger charge is -2.18. The maximum absolute atomic E-state index is 12.7. The highest BCUT2D eigenvalue weighted by atomic mass is 19.4. The summed E-state index contributed by atoms with van der Waals surface area (Å²) in [4.78, 5) is 23.4. The van der Waals surface area contributed by atoms with Crippen LogP contribution in [0, 0.1) is 11.8 Å². The minimum atomic E-state index is -4.62. The molecule has 2 N–H and O–H groups in total. The molecule has 20 heavy (non-hydrogen) atoms. The quantitative estimate of drug-likeness (QED) is 0.778. The molecule has 0 unspecified atom stereocenters. The van der Waals surface area contributed by atoms with Crippen molar-refractivity contribution >= 4 is 12.0 Å². The van der Waals surface area contributed by atoms with E-state index in [1.165, 1.54) is 0 Å². The molecule has 1 heterocycles. The van der Waals surface area contributed by atoms with Crippen molar-refractivity contribution in [2.75, 3.05) is 19.6 Å². The average molecular weight is 294 g/mol. The second kappa shape index (κ2) is 6.62. The smallest absolute Gasteiger partial charge is 0.394 e. The molecule has 1 fully saturated rings. The van der Waals surface area contributed by atoms with E-state index in [-0.39, 0.29) is 6.54 Å². The molecule has 0 radical (unpaired) electrons.